The topological polar surface area (TPSA) is 98.4 Å². The molecule has 0 radical (unpaired) electrons. The summed E-state index contributed by atoms with van der Waals surface area (Å²) in [6.07, 6.45) is 0. The number of hydrogen-bond acceptors (Lipinski definition) is 4. The van der Waals surface area contributed by atoms with Gasteiger partial charge >= 0.3 is 0 Å². The van der Waals surface area contributed by atoms with Crippen LogP contribution in [0.2, 0.25) is 5.02 Å². The van der Waals surface area contributed by atoms with Gasteiger partial charge in [-0.1, -0.05) is 37.6 Å². The maximum atomic E-state index is 12.4. The Bertz CT molecular complexity index is 1070. The van der Waals surface area contributed by atoms with E-state index in [1.54, 1.807) is 18.2 Å². The summed E-state index contributed by atoms with van der Waals surface area (Å²) in [6, 6.07) is 13.1. The fraction of sp³-hybridized carbons (Fsp3) is 0.273. The van der Waals surface area contributed by atoms with Gasteiger partial charge in [-0.2, -0.15) is 0 Å². The molecule has 0 aliphatic heterocycles. The summed E-state index contributed by atoms with van der Waals surface area (Å²) in [5.41, 5.74) is 7.52. The maximum absolute atomic E-state index is 12.4. The number of carbonyl (C=O) groups excluding carboxylic acids is 1. The fourth-order valence-electron chi connectivity index (χ4n) is 3.18. The molecule has 4 N–H and O–H groups in total. The highest BCUT2D eigenvalue weighted by atomic mass is 35.5. The molecule has 0 aliphatic carbocycles. The summed E-state index contributed by atoms with van der Waals surface area (Å²) in [5.74, 6) is 0.530. The van der Waals surface area contributed by atoms with Gasteiger partial charge in [-0.25, -0.2) is 0 Å². The number of guanidine groups is 1. The van der Waals surface area contributed by atoms with Gasteiger partial charge in [0.05, 0.1) is 10.5 Å². The minimum Gasteiger partial charge on any atom is -0.457 e. The molecule has 1 heterocycles. The van der Waals surface area contributed by atoms with Crippen molar-refractivity contribution in [3.05, 3.63) is 58.7 Å². The van der Waals surface area contributed by atoms with Crippen LogP contribution in [0.5, 0.6) is 11.5 Å². The average Bonchev–Trinajstić information content (AvgIpc) is 3.16. The molecule has 2 aromatic carbocycles. The molecule has 1 amide bonds. The second-order valence-corrected chi connectivity index (χ2v) is 7.42. The lowest BCUT2D eigenvalue weighted by molar-refractivity contribution is 0.0864. The number of rotatable bonds is 7. The number of aromatic amines is 1. The van der Waals surface area contributed by atoms with E-state index in [-0.39, 0.29) is 5.96 Å². The molecule has 0 bridgehead atoms. The Morgan fingerprint density at radius 3 is 2.57 bits per heavy atom. The average molecular weight is 428 g/mol. The van der Waals surface area contributed by atoms with Crippen LogP contribution in [0.3, 0.4) is 0 Å². The lowest BCUT2D eigenvalue weighted by Crippen LogP contribution is -2.38. The van der Waals surface area contributed by atoms with Gasteiger partial charge in [-0.05, 0) is 36.9 Å². The Balaban J connectivity index is 1.85. The first-order valence-electron chi connectivity index (χ1n) is 9.75. The van der Waals surface area contributed by atoms with Gasteiger partial charge in [0.2, 0.25) is 0 Å². The molecule has 0 unspecified atom stereocenters. The highest BCUT2D eigenvalue weighted by Crippen LogP contribution is 2.32. The zero-order valence-electron chi connectivity index (χ0n) is 17.3. The first kappa shape index (κ1) is 21.7. The third-order valence-electron chi connectivity index (χ3n) is 4.99. The van der Waals surface area contributed by atoms with Crippen molar-refractivity contribution in [2.75, 3.05) is 20.1 Å². The van der Waals surface area contributed by atoms with Crippen molar-refractivity contribution in [2.45, 2.75) is 20.4 Å². The predicted molar refractivity (Wildman–Crippen MR) is 120 cm³/mol. The molecule has 158 valence electrons. The molecule has 0 spiro atoms. The lowest BCUT2D eigenvalue weighted by atomic mass is 10.2. The van der Waals surface area contributed by atoms with Gasteiger partial charge in [0.1, 0.15) is 17.2 Å². The Morgan fingerprint density at radius 2 is 1.90 bits per heavy atom. The van der Waals surface area contributed by atoms with Crippen molar-refractivity contribution in [3.8, 4) is 11.5 Å². The zero-order chi connectivity index (χ0) is 21.8. The van der Waals surface area contributed by atoms with Crippen LogP contribution in [-0.2, 0) is 6.54 Å². The molecule has 0 saturated carbocycles. The number of ether oxygens (including phenoxy) is 1. The maximum Gasteiger partial charge on any atom is 0.276 e. The highest BCUT2D eigenvalue weighted by Gasteiger charge is 2.18. The molecule has 0 aliphatic rings. The molecule has 0 fully saturated rings. The van der Waals surface area contributed by atoms with Gasteiger partial charge in [0, 0.05) is 31.1 Å². The number of aromatic nitrogens is 1. The van der Waals surface area contributed by atoms with Crippen molar-refractivity contribution in [2.24, 2.45) is 5.73 Å². The number of nitrogens with one attached hydrogen (secondary N) is 2. The minimum atomic E-state index is -0.415. The lowest BCUT2D eigenvalue weighted by Gasteiger charge is -2.18. The number of fused-ring (bicyclic) bond motifs is 1. The second-order valence-electron chi connectivity index (χ2n) is 7.01. The van der Waals surface area contributed by atoms with Crippen LogP contribution < -0.4 is 10.5 Å². The van der Waals surface area contributed by atoms with Crippen molar-refractivity contribution in [3.63, 3.8) is 0 Å². The SMILES string of the molecule is CCN(CC)Cc1cccc(Oc2cc(Cl)c3cc(C(=O)N(C)C(=N)N)[nH]c3c2)c1. The van der Waals surface area contributed by atoms with E-state index in [0.717, 1.165) is 24.5 Å². The molecule has 3 rings (SSSR count). The van der Waals surface area contributed by atoms with Gasteiger partial charge < -0.3 is 15.5 Å². The third kappa shape index (κ3) is 4.75. The van der Waals surface area contributed by atoms with E-state index in [1.807, 2.05) is 18.2 Å². The third-order valence-corrected chi connectivity index (χ3v) is 5.30. The molecule has 0 atom stereocenters. The summed E-state index contributed by atoms with van der Waals surface area (Å²) >= 11 is 6.43. The van der Waals surface area contributed by atoms with E-state index >= 15 is 0 Å². The van der Waals surface area contributed by atoms with Crippen LogP contribution in [0.15, 0.2) is 42.5 Å². The highest BCUT2D eigenvalue weighted by molar-refractivity contribution is 6.35. The molecule has 8 heteroatoms. The molecule has 3 aromatic rings. The first-order chi connectivity index (χ1) is 14.3. The van der Waals surface area contributed by atoms with Gasteiger partial charge in [-0.3, -0.25) is 20.0 Å². The van der Waals surface area contributed by atoms with Gasteiger partial charge in [-0.15, -0.1) is 0 Å². The quantitative estimate of drug-likeness (QED) is 0.384. The van der Waals surface area contributed by atoms with Crippen molar-refractivity contribution in [1.82, 2.24) is 14.8 Å². The number of hydrogen-bond donors (Lipinski definition) is 3. The summed E-state index contributed by atoms with van der Waals surface area (Å²) in [7, 11) is 1.44. The predicted octanol–water partition coefficient (Wildman–Crippen LogP) is 4.42. The van der Waals surface area contributed by atoms with E-state index in [0.29, 0.717) is 33.1 Å². The molecule has 7 nitrogen and oxygen atoms in total. The van der Waals surface area contributed by atoms with Gasteiger partial charge in [0.15, 0.2) is 5.96 Å². The largest absolute Gasteiger partial charge is 0.457 e. The Hall–Kier alpha value is -3.03. The number of halogens is 1. The molecule has 1 aromatic heterocycles. The van der Waals surface area contributed by atoms with E-state index in [4.69, 9.17) is 27.5 Å². The van der Waals surface area contributed by atoms with Crippen LogP contribution in [0.1, 0.15) is 29.9 Å². The second kappa shape index (κ2) is 9.19. The molecular weight excluding hydrogens is 402 g/mol. The summed E-state index contributed by atoms with van der Waals surface area (Å²) < 4.78 is 6.04. The van der Waals surface area contributed by atoms with Gasteiger partial charge in [0.25, 0.3) is 5.91 Å². The number of carbonyl (C=O) groups is 1. The van der Waals surface area contributed by atoms with Crippen molar-refractivity contribution in [1.29, 1.82) is 5.41 Å². The van der Waals surface area contributed by atoms with Crippen LogP contribution in [0.4, 0.5) is 0 Å². The first-order valence-corrected chi connectivity index (χ1v) is 10.1. The normalized spacial score (nSPS) is 11.1. The van der Waals surface area contributed by atoms with Crippen LogP contribution in [-0.4, -0.2) is 46.8 Å². The summed E-state index contributed by atoms with van der Waals surface area (Å²) in [4.78, 5) is 18.8. The Kier molecular flexibility index (Phi) is 6.64. The van der Waals surface area contributed by atoms with E-state index in [1.165, 1.54) is 12.6 Å². The molecule has 30 heavy (non-hydrogen) atoms. The number of amides is 1. The minimum absolute atomic E-state index is 0.294. The van der Waals surface area contributed by atoms with Crippen LogP contribution in [0, 0.1) is 5.41 Å². The van der Waals surface area contributed by atoms with Crippen molar-refractivity contribution < 1.29 is 9.53 Å². The molecule has 0 saturated heterocycles. The standard InChI is InChI=1S/C22H26ClN5O2/c1-4-28(5-2)13-14-7-6-8-15(9-14)30-16-10-18(23)17-12-20(26-19(17)11-16)21(29)27(3)22(24)25/h6-12,26H,4-5,13H2,1-3H3,(H3,24,25). The number of nitrogens with zero attached hydrogens (tertiary/aromatic N) is 2. The smallest absolute Gasteiger partial charge is 0.276 e. The number of H-pyrrole nitrogens is 1. The Morgan fingerprint density at radius 1 is 1.17 bits per heavy atom. The van der Waals surface area contributed by atoms with E-state index in [9.17, 15) is 4.79 Å². The number of nitrogens with two attached hydrogens (primary N) is 1. The fourth-order valence-corrected chi connectivity index (χ4v) is 3.45. The summed E-state index contributed by atoms with van der Waals surface area (Å²) in [6.45, 7) is 7.12. The number of benzene rings is 2. The van der Waals surface area contributed by atoms with Crippen LogP contribution >= 0.6 is 11.6 Å². The zero-order valence-corrected chi connectivity index (χ0v) is 18.1. The Labute approximate surface area is 180 Å². The van der Waals surface area contributed by atoms with Crippen LogP contribution in [0.25, 0.3) is 10.9 Å². The van der Waals surface area contributed by atoms with E-state index in [2.05, 4.69) is 29.8 Å². The summed E-state index contributed by atoms with van der Waals surface area (Å²) in [5, 5.41) is 8.57. The van der Waals surface area contributed by atoms with E-state index < -0.39 is 5.91 Å². The monoisotopic (exact) mass is 427 g/mol. The molecular formula is C22H26ClN5O2. The van der Waals surface area contributed by atoms with Crippen molar-refractivity contribution >= 4 is 34.4 Å².